The van der Waals surface area contributed by atoms with Gasteiger partial charge in [-0.05, 0) is 18.6 Å². The molecule has 102 valence electrons. The average molecular weight is 270 g/mol. The Hall–Kier alpha value is -1.98. The summed E-state index contributed by atoms with van der Waals surface area (Å²) >= 11 is 0. The van der Waals surface area contributed by atoms with E-state index in [-0.39, 0.29) is 12.0 Å². The minimum atomic E-state index is -3.80. The van der Waals surface area contributed by atoms with Gasteiger partial charge in [0.15, 0.2) is 0 Å². The van der Waals surface area contributed by atoms with Crippen LogP contribution in [0.1, 0.15) is 23.7 Å². The summed E-state index contributed by atoms with van der Waals surface area (Å²) in [6.45, 7) is 1.57. The summed E-state index contributed by atoms with van der Waals surface area (Å²) in [6.07, 6.45) is -2.85. The highest BCUT2D eigenvalue weighted by atomic mass is 19.3. The molecule has 0 radical (unpaired) electrons. The quantitative estimate of drug-likeness (QED) is 0.790. The minimum Gasteiger partial charge on any atom is -0.454 e. The van der Waals surface area contributed by atoms with Gasteiger partial charge in [0.25, 0.3) is 0 Å². The van der Waals surface area contributed by atoms with E-state index in [0.29, 0.717) is 0 Å². The predicted molar refractivity (Wildman–Crippen MR) is 60.8 cm³/mol. The molecule has 0 aromatic heterocycles. The number of cyclic esters (lactones) is 1. The Morgan fingerprint density at radius 3 is 2.58 bits per heavy atom. The number of hydrogen-bond donors (Lipinski definition) is 0. The van der Waals surface area contributed by atoms with Crippen LogP contribution in [0, 0.1) is 0 Å². The van der Waals surface area contributed by atoms with Crippen LogP contribution in [0.25, 0.3) is 0 Å². The molecule has 1 aliphatic rings. The molecular formula is C13H12F2O4. The van der Waals surface area contributed by atoms with Crippen LogP contribution in [0.4, 0.5) is 8.78 Å². The first-order valence-corrected chi connectivity index (χ1v) is 5.81. The lowest BCUT2D eigenvalue weighted by Crippen LogP contribution is -2.41. The van der Waals surface area contributed by atoms with Crippen molar-refractivity contribution in [1.29, 1.82) is 0 Å². The number of carbonyl (C=O) groups excluding carboxylic acids is 2. The van der Waals surface area contributed by atoms with Crippen molar-refractivity contribution in [2.75, 3.05) is 0 Å². The molecule has 2 atom stereocenters. The molecule has 6 heteroatoms. The largest absolute Gasteiger partial charge is 0.454 e. The molecule has 0 unspecified atom stereocenters. The van der Waals surface area contributed by atoms with E-state index < -0.39 is 30.1 Å². The molecule has 1 saturated heterocycles. The molecule has 0 aliphatic carbocycles. The van der Waals surface area contributed by atoms with E-state index in [1.165, 1.54) is 12.1 Å². The summed E-state index contributed by atoms with van der Waals surface area (Å²) in [4.78, 5) is 22.8. The van der Waals surface area contributed by atoms with Gasteiger partial charge >= 0.3 is 17.9 Å². The van der Waals surface area contributed by atoms with Crippen molar-refractivity contribution in [3.05, 3.63) is 35.9 Å². The zero-order valence-corrected chi connectivity index (χ0v) is 10.1. The van der Waals surface area contributed by atoms with Gasteiger partial charge in [0.1, 0.15) is 6.10 Å². The summed E-state index contributed by atoms with van der Waals surface area (Å²) in [5.74, 6) is -6.35. The van der Waals surface area contributed by atoms with E-state index in [2.05, 4.69) is 4.74 Å². The molecule has 1 aromatic rings. The van der Waals surface area contributed by atoms with E-state index in [1.54, 1.807) is 25.1 Å². The van der Waals surface area contributed by atoms with Crippen LogP contribution < -0.4 is 0 Å². The van der Waals surface area contributed by atoms with Gasteiger partial charge in [-0.15, -0.1) is 0 Å². The fourth-order valence-corrected chi connectivity index (χ4v) is 1.83. The highest BCUT2D eigenvalue weighted by molar-refractivity contribution is 5.90. The van der Waals surface area contributed by atoms with E-state index in [1.807, 2.05) is 0 Å². The lowest BCUT2D eigenvalue weighted by Gasteiger charge is -2.19. The average Bonchev–Trinajstić information content (AvgIpc) is 2.63. The van der Waals surface area contributed by atoms with Crippen molar-refractivity contribution < 1.29 is 27.8 Å². The van der Waals surface area contributed by atoms with E-state index in [9.17, 15) is 18.4 Å². The standard InChI is InChI=1S/C13H12F2O4/c1-2-9-10(13(14,15)12(17)18-9)19-11(16)8-6-4-3-5-7-8/h3-7,9-10H,2H2,1H3/t9-,10+/m1/s1. The van der Waals surface area contributed by atoms with E-state index in [0.717, 1.165) is 0 Å². The van der Waals surface area contributed by atoms with E-state index >= 15 is 0 Å². The van der Waals surface area contributed by atoms with Crippen LogP contribution in [0.15, 0.2) is 30.3 Å². The zero-order valence-electron chi connectivity index (χ0n) is 10.1. The van der Waals surface area contributed by atoms with E-state index in [4.69, 9.17) is 4.74 Å². The Morgan fingerprint density at radius 1 is 1.37 bits per heavy atom. The molecule has 1 heterocycles. The van der Waals surface area contributed by atoms with Crippen LogP contribution >= 0.6 is 0 Å². The number of carbonyl (C=O) groups is 2. The highest BCUT2D eigenvalue weighted by Gasteiger charge is 2.61. The van der Waals surface area contributed by atoms with Gasteiger partial charge in [-0.2, -0.15) is 8.78 Å². The summed E-state index contributed by atoms with van der Waals surface area (Å²) in [5, 5.41) is 0. The van der Waals surface area contributed by atoms with Crippen LogP contribution in [-0.4, -0.2) is 30.1 Å². The van der Waals surface area contributed by atoms with Gasteiger partial charge in [0, 0.05) is 0 Å². The molecule has 0 saturated carbocycles. The summed E-state index contributed by atoms with van der Waals surface area (Å²) < 4.78 is 36.4. The molecule has 1 aromatic carbocycles. The number of ether oxygens (including phenoxy) is 2. The molecule has 2 rings (SSSR count). The van der Waals surface area contributed by atoms with Gasteiger partial charge in [0.2, 0.25) is 6.10 Å². The monoisotopic (exact) mass is 270 g/mol. The maximum atomic E-state index is 13.6. The third-order valence-corrected chi connectivity index (χ3v) is 2.87. The van der Waals surface area contributed by atoms with Gasteiger partial charge in [-0.25, -0.2) is 9.59 Å². The number of esters is 2. The third kappa shape index (κ3) is 2.43. The molecule has 1 fully saturated rings. The first-order valence-electron chi connectivity index (χ1n) is 5.81. The molecule has 4 nitrogen and oxygen atoms in total. The Bertz CT molecular complexity index is 487. The normalized spacial score (nSPS) is 24.9. The minimum absolute atomic E-state index is 0.146. The molecule has 0 spiro atoms. The predicted octanol–water partition coefficient (Wildman–Crippen LogP) is 2.18. The Morgan fingerprint density at radius 2 is 2.00 bits per heavy atom. The highest BCUT2D eigenvalue weighted by Crippen LogP contribution is 2.35. The number of benzene rings is 1. The van der Waals surface area contributed by atoms with Crippen molar-refractivity contribution in [2.45, 2.75) is 31.5 Å². The van der Waals surface area contributed by atoms with Crippen molar-refractivity contribution in [3.63, 3.8) is 0 Å². The second-order valence-corrected chi connectivity index (χ2v) is 4.17. The summed E-state index contributed by atoms with van der Waals surface area (Å²) in [7, 11) is 0. The SMILES string of the molecule is CC[C@H]1OC(=O)C(F)(F)[C@H]1OC(=O)c1ccccc1. The fourth-order valence-electron chi connectivity index (χ4n) is 1.83. The van der Waals surface area contributed by atoms with Gasteiger partial charge in [0.05, 0.1) is 5.56 Å². The molecule has 0 bridgehead atoms. The first-order chi connectivity index (χ1) is 8.96. The number of alkyl halides is 2. The van der Waals surface area contributed by atoms with Crippen molar-refractivity contribution in [3.8, 4) is 0 Å². The molecular weight excluding hydrogens is 258 g/mol. The lowest BCUT2D eigenvalue weighted by atomic mass is 10.1. The Balaban J connectivity index is 2.17. The van der Waals surface area contributed by atoms with Gasteiger partial charge in [-0.1, -0.05) is 25.1 Å². The number of halogens is 2. The third-order valence-electron chi connectivity index (χ3n) is 2.87. The molecule has 1 aliphatic heterocycles. The Kier molecular flexibility index (Phi) is 3.50. The fraction of sp³-hybridized carbons (Fsp3) is 0.385. The maximum Gasteiger partial charge on any atom is 0.382 e. The van der Waals surface area contributed by atoms with Crippen LogP contribution in [0.3, 0.4) is 0 Å². The molecule has 0 N–H and O–H groups in total. The zero-order chi connectivity index (χ0) is 14.0. The van der Waals surface area contributed by atoms with Gasteiger partial charge in [-0.3, -0.25) is 0 Å². The molecule has 19 heavy (non-hydrogen) atoms. The van der Waals surface area contributed by atoms with Crippen LogP contribution in [0.2, 0.25) is 0 Å². The van der Waals surface area contributed by atoms with Crippen molar-refractivity contribution in [1.82, 2.24) is 0 Å². The second kappa shape index (κ2) is 4.95. The van der Waals surface area contributed by atoms with Gasteiger partial charge < -0.3 is 9.47 Å². The maximum absolute atomic E-state index is 13.6. The van der Waals surface area contributed by atoms with Crippen LogP contribution in [0.5, 0.6) is 0 Å². The smallest absolute Gasteiger partial charge is 0.382 e. The molecule has 0 amide bonds. The number of hydrogen-bond acceptors (Lipinski definition) is 4. The number of rotatable bonds is 3. The summed E-state index contributed by atoms with van der Waals surface area (Å²) in [5.41, 5.74) is 0.146. The topological polar surface area (TPSA) is 52.6 Å². The lowest BCUT2D eigenvalue weighted by molar-refractivity contribution is -0.162. The summed E-state index contributed by atoms with van der Waals surface area (Å²) in [6, 6.07) is 7.74. The van der Waals surface area contributed by atoms with Crippen LogP contribution in [-0.2, 0) is 14.3 Å². The Labute approximate surface area is 108 Å². The second-order valence-electron chi connectivity index (χ2n) is 4.17. The first kappa shape index (κ1) is 13.5. The van der Waals surface area contributed by atoms with Crippen molar-refractivity contribution in [2.24, 2.45) is 0 Å². The van der Waals surface area contributed by atoms with Crippen molar-refractivity contribution >= 4 is 11.9 Å².